The molecule has 0 unspecified atom stereocenters. The van der Waals surface area contributed by atoms with E-state index in [0.717, 1.165) is 20.2 Å². The molecule has 0 saturated carbocycles. The van der Waals surface area contributed by atoms with Gasteiger partial charge < -0.3 is 10.0 Å². The van der Waals surface area contributed by atoms with Crippen molar-refractivity contribution in [2.75, 3.05) is 11.4 Å². The third-order valence-corrected chi connectivity index (χ3v) is 4.97. The van der Waals surface area contributed by atoms with Gasteiger partial charge in [-0.05, 0) is 67.8 Å². The van der Waals surface area contributed by atoms with Crippen molar-refractivity contribution < 1.29 is 9.90 Å². The van der Waals surface area contributed by atoms with Crippen LogP contribution >= 0.6 is 43.5 Å². The fourth-order valence-corrected chi connectivity index (χ4v) is 2.79. The summed E-state index contributed by atoms with van der Waals surface area (Å²) >= 11 is 12.9. The minimum Gasteiger partial charge on any atom is -0.480 e. The quantitative estimate of drug-likeness (QED) is 0.725. The number of halogens is 3. The van der Waals surface area contributed by atoms with Gasteiger partial charge in [0.25, 0.3) is 0 Å². The van der Waals surface area contributed by atoms with Gasteiger partial charge in [-0.1, -0.05) is 23.7 Å². The van der Waals surface area contributed by atoms with Crippen molar-refractivity contribution >= 4 is 55.1 Å². The number of hydrogen-bond donors (Lipinski definition) is 1. The van der Waals surface area contributed by atoms with Gasteiger partial charge in [0, 0.05) is 26.2 Å². The number of benzene rings is 2. The van der Waals surface area contributed by atoms with Crippen LogP contribution in [0.5, 0.6) is 0 Å². The summed E-state index contributed by atoms with van der Waals surface area (Å²) in [6.45, 7) is 0.395. The zero-order valence-corrected chi connectivity index (χ0v) is 14.8. The van der Waals surface area contributed by atoms with E-state index in [4.69, 9.17) is 16.7 Å². The third-order valence-electron chi connectivity index (χ3n) is 2.86. The molecule has 2 aromatic rings. The topological polar surface area (TPSA) is 40.5 Å². The number of hydrogen-bond acceptors (Lipinski definition) is 2. The van der Waals surface area contributed by atoms with E-state index >= 15 is 0 Å². The molecule has 0 aromatic heterocycles. The summed E-state index contributed by atoms with van der Waals surface area (Å²) in [6.07, 6.45) is 0. The van der Waals surface area contributed by atoms with Crippen LogP contribution in [0.25, 0.3) is 0 Å². The zero-order valence-electron chi connectivity index (χ0n) is 10.9. The van der Waals surface area contributed by atoms with Crippen molar-refractivity contribution in [3.05, 3.63) is 62.0 Å². The number of anilines is 1. The van der Waals surface area contributed by atoms with Crippen LogP contribution in [0.3, 0.4) is 0 Å². The zero-order chi connectivity index (χ0) is 15.4. The smallest absolute Gasteiger partial charge is 0.323 e. The minimum atomic E-state index is -0.883. The highest BCUT2D eigenvalue weighted by Gasteiger charge is 2.12. The van der Waals surface area contributed by atoms with E-state index in [2.05, 4.69) is 31.9 Å². The lowest BCUT2D eigenvalue weighted by atomic mass is 10.2. The molecule has 0 aliphatic carbocycles. The predicted octanol–water partition coefficient (Wildman–Crippen LogP) is 4.96. The summed E-state index contributed by atoms with van der Waals surface area (Å²) in [7, 11) is 0. The van der Waals surface area contributed by atoms with Crippen molar-refractivity contribution in [2.24, 2.45) is 0 Å². The normalized spacial score (nSPS) is 10.4. The first-order chi connectivity index (χ1) is 9.95. The Hall–Kier alpha value is -1.04. The molecule has 0 atom stereocenters. The first kappa shape index (κ1) is 16.3. The molecule has 2 rings (SSSR count). The van der Waals surface area contributed by atoms with Crippen molar-refractivity contribution in [3.63, 3.8) is 0 Å². The standard InChI is InChI=1S/C15H12Br2ClNO2/c16-13-5-4-10(6-14(13)17)8-19(9-15(20)21)12-3-1-2-11(18)7-12/h1-7H,8-9H2,(H,20,21). The van der Waals surface area contributed by atoms with Gasteiger partial charge >= 0.3 is 5.97 Å². The average Bonchev–Trinajstić information content (AvgIpc) is 2.42. The molecule has 3 nitrogen and oxygen atoms in total. The van der Waals surface area contributed by atoms with E-state index in [0.29, 0.717) is 11.6 Å². The maximum Gasteiger partial charge on any atom is 0.323 e. The second kappa shape index (κ2) is 7.29. The van der Waals surface area contributed by atoms with Gasteiger partial charge in [0.1, 0.15) is 6.54 Å². The van der Waals surface area contributed by atoms with E-state index in [1.54, 1.807) is 17.0 Å². The fraction of sp³-hybridized carbons (Fsp3) is 0.133. The van der Waals surface area contributed by atoms with Gasteiger partial charge in [0.2, 0.25) is 0 Å². The highest BCUT2D eigenvalue weighted by atomic mass is 79.9. The van der Waals surface area contributed by atoms with Gasteiger partial charge in [0.15, 0.2) is 0 Å². The Labute approximate surface area is 144 Å². The second-order valence-corrected chi connectivity index (χ2v) is 6.62. The van der Waals surface area contributed by atoms with Crippen LogP contribution in [0.15, 0.2) is 51.4 Å². The highest BCUT2D eigenvalue weighted by Crippen LogP contribution is 2.26. The lowest BCUT2D eigenvalue weighted by Crippen LogP contribution is -2.29. The summed E-state index contributed by atoms with van der Waals surface area (Å²) in [5.41, 5.74) is 1.79. The summed E-state index contributed by atoms with van der Waals surface area (Å²) in [6, 6.07) is 13.0. The summed E-state index contributed by atoms with van der Waals surface area (Å²) in [4.78, 5) is 12.9. The minimum absolute atomic E-state index is 0.0893. The fourth-order valence-electron chi connectivity index (χ4n) is 1.93. The number of aliphatic carboxylic acids is 1. The molecule has 6 heteroatoms. The molecule has 0 spiro atoms. The summed E-state index contributed by atoms with van der Waals surface area (Å²) in [5, 5.41) is 9.68. The Morgan fingerprint density at radius 2 is 1.90 bits per heavy atom. The van der Waals surface area contributed by atoms with Crippen molar-refractivity contribution in [1.29, 1.82) is 0 Å². The van der Waals surface area contributed by atoms with Gasteiger partial charge in [0.05, 0.1) is 0 Å². The van der Waals surface area contributed by atoms with Crippen LogP contribution in [0, 0.1) is 0 Å². The Bertz CT molecular complexity index is 664. The molecule has 0 amide bonds. The van der Waals surface area contributed by atoms with Gasteiger partial charge in [-0.3, -0.25) is 4.79 Å². The maximum absolute atomic E-state index is 11.1. The number of nitrogens with zero attached hydrogens (tertiary/aromatic N) is 1. The Kier molecular flexibility index (Phi) is 5.67. The van der Waals surface area contributed by atoms with Crippen molar-refractivity contribution in [1.82, 2.24) is 0 Å². The van der Waals surface area contributed by atoms with E-state index < -0.39 is 5.97 Å². The lowest BCUT2D eigenvalue weighted by Gasteiger charge is -2.23. The second-order valence-electron chi connectivity index (χ2n) is 4.48. The van der Waals surface area contributed by atoms with E-state index in [-0.39, 0.29) is 6.54 Å². The van der Waals surface area contributed by atoms with Crippen LogP contribution in [0.1, 0.15) is 5.56 Å². The predicted molar refractivity (Wildman–Crippen MR) is 92.0 cm³/mol. The molecule has 1 N–H and O–H groups in total. The van der Waals surface area contributed by atoms with Crippen LogP contribution in [-0.2, 0) is 11.3 Å². The largest absolute Gasteiger partial charge is 0.480 e. The molecule has 0 heterocycles. The van der Waals surface area contributed by atoms with Crippen molar-refractivity contribution in [2.45, 2.75) is 6.54 Å². The number of carbonyl (C=O) groups is 1. The van der Waals surface area contributed by atoms with E-state index in [1.807, 2.05) is 30.3 Å². The molecular formula is C15H12Br2ClNO2. The first-order valence-electron chi connectivity index (χ1n) is 6.12. The highest BCUT2D eigenvalue weighted by molar-refractivity contribution is 9.13. The molecule has 0 saturated heterocycles. The Balaban J connectivity index is 2.27. The molecule has 21 heavy (non-hydrogen) atoms. The van der Waals surface area contributed by atoms with Gasteiger partial charge in [-0.15, -0.1) is 0 Å². The van der Waals surface area contributed by atoms with E-state index in [1.165, 1.54) is 0 Å². The summed E-state index contributed by atoms with van der Waals surface area (Å²) < 4.78 is 1.89. The lowest BCUT2D eigenvalue weighted by molar-refractivity contribution is -0.135. The molecule has 110 valence electrons. The number of carboxylic acids is 1. The summed E-state index contributed by atoms with van der Waals surface area (Å²) in [5.74, 6) is -0.883. The van der Waals surface area contributed by atoms with E-state index in [9.17, 15) is 4.79 Å². The van der Waals surface area contributed by atoms with Crippen molar-refractivity contribution in [3.8, 4) is 0 Å². The Morgan fingerprint density at radius 3 is 2.52 bits per heavy atom. The number of rotatable bonds is 5. The molecule has 0 aliphatic rings. The monoisotopic (exact) mass is 431 g/mol. The molecular weight excluding hydrogens is 421 g/mol. The SMILES string of the molecule is O=C(O)CN(Cc1ccc(Br)c(Br)c1)c1cccc(Cl)c1. The maximum atomic E-state index is 11.1. The van der Waals surface area contributed by atoms with Crippen LogP contribution in [-0.4, -0.2) is 17.6 Å². The molecule has 2 aromatic carbocycles. The molecule has 0 aliphatic heterocycles. The van der Waals surface area contributed by atoms with Gasteiger partial charge in [-0.25, -0.2) is 0 Å². The van der Waals surface area contributed by atoms with Crippen LogP contribution in [0.2, 0.25) is 5.02 Å². The Morgan fingerprint density at radius 1 is 1.14 bits per heavy atom. The van der Waals surface area contributed by atoms with Gasteiger partial charge in [-0.2, -0.15) is 0 Å². The number of carboxylic acid groups (broad SMARTS) is 1. The third kappa shape index (κ3) is 4.73. The molecule has 0 radical (unpaired) electrons. The van der Waals surface area contributed by atoms with Crippen LogP contribution < -0.4 is 4.90 Å². The molecule has 0 fully saturated rings. The molecule has 0 bridgehead atoms. The first-order valence-corrected chi connectivity index (χ1v) is 8.08. The average molecular weight is 434 g/mol. The van der Waals surface area contributed by atoms with Crippen LogP contribution in [0.4, 0.5) is 5.69 Å².